The zero-order valence-electron chi connectivity index (χ0n) is 5.42. The van der Waals surface area contributed by atoms with Crippen LogP contribution in [-0.4, -0.2) is 11.8 Å². The van der Waals surface area contributed by atoms with Crippen molar-refractivity contribution in [2.24, 2.45) is 0 Å². The van der Waals surface area contributed by atoms with Gasteiger partial charge in [-0.1, -0.05) is 0 Å². The predicted octanol–water partition coefficient (Wildman–Crippen LogP) is 0.534. The molecule has 0 fully saturated rings. The maximum absolute atomic E-state index is 10.1. The molecule has 0 atom stereocenters. The molecule has 0 aliphatic heterocycles. The van der Waals surface area contributed by atoms with Gasteiger partial charge in [-0.05, 0) is 0 Å². The number of rotatable bonds is 2. The van der Waals surface area contributed by atoms with Gasteiger partial charge in [-0.25, -0.2) is 0 Å². The zero-order chi connectivity index (χ0) is 7.28. The Morgan fingerprint density at radius 2 is 1.86 bits per heavy atom. The number of carbonyl (C=O) groups is 2. The summed E-state index contributed by atoms with van der Waals surface area (Å²) in [5, 5.41) is 0. The van der Waals surface area contributed by atoms with E-state index >= 15 is 0 Å². The molecule has 0 aromatic heterocycles. The second kappa shape index (κ2) is 2.17. The molecule has 0 heterocycles. The number of hydrogen-bond donors (Lipinski definition) is 0. The van der Waals surface area contributed by atoms with Crippen molar-refractivity contribution in [1.82, 2.24) is 0 Å². The van der Waals surface area contributed by atoms with E-state index in [0.29, 0.717) is 0 Å². The predicted molar refractivity (Wildman–Crippen MR) is 23.3 cm³/mol. The molecule has 0 spiro atoms. The Morgan fingerprint density at radius 1 is 1.43 bits per heavy atom. The van der Waals surface area contributed by atoms with Crippen molar-refractivity contribution >= 4 is 11.8 Å². The van der Waals surface area contributed by atoms with Gasteiger partial charge in [-0.2, -0.15) is 0 Å². The third-order valence-corrected chi connectivity index (χ3v) is 0.302. The third kappa shape index (κ3) is 4.94. The minimum absolute atomic E-state index is 0.576. The van der Waals surface area contributed by atoms with Crippen LogP contribution in [0.4, 0.5) is 0 Å². The first-order chi connectivity index (χ1) is 4.20. The minimum Gasteiger partial charge on any atom is -0.667 e. The van der Waals surface area contributed by atoms with Crippen LogP contribution < -0.4 is 0 Å². The molecule has 2 amide bonds. The van der Waals surface area contributed by atoms with Crippen LogP contribution in [0.25, 0.3) is 11.5 Å². The number of amides is 2. The van der Waals surface area contributed by atoms with Crippen LogP contribution in [0.5, 0.6) is 0 Å². The number of nitrogens with one attached hydrogen (secondary N) is 2. The van der Waals surface area contributed by atoms with Crippen molar-refractivity contribution < 1.29 is 12.4 Å². The molecule has 0 aliphatic rings. The van der Waals surface area contributed by atoms with Gasteiger partial charge >= 0.3 is 0 Å². The summed E-state index contributed by atoms with van der Waals surface area (Å²) < 4.78 is 12.2. The molecule has 2 N–H and O–H groups in total. The number of carbonyl (C=O) groups excluding carboxylic acids is 2. The van der Waals surface area contributed by atoms with E-state index < -0.39 is 18.2 Å². The summed E-state index contributed by atoms with van der Waals surface area (Å²) in [7, 11) is 0. The fourth-order valence-electron chi connectivity index (χ4n) is 0.129. The minimum atomic E-state index is -0.879. The van der Waals surface area contributed by atoms with Crippen molar-refractivity contribution in [3.05, 3.63) is 11.5 Å². The lowest BCUT2D eigenvalue weighted by molar-refractivity contribution is -0.121. The van der Waals surface area contributed by atoms with Crippen LogP contribution in [0.2, 0.25) is 2.82 Å². The maximum atomic E-state index is 10.1. The standard InChI is InChI=1S/C3H6N2O2/c4-2(6)1-3(5)7/h1H2,(H4,4,5,6,7)/p-2/i/hT2. The van der Waals surface area contributed by atoms with Crippen LogP contribution in [0.15, 0.2) is 0 Å². The second-order valence-corrected chi connectivity index (χ2v) is 0.964. The SMILES string of the molecule is [3H][N-]C(=O)CC(=O)[N-][3H]. The monoisotopic (exact) mass is 104 g/mol. The fourth-order valence-corrected chi connectivity index (χ4v) is 0.129. The molecule has 0 saturated heterocycles. The van der Waals surface area contributed by atoms with Crippen molar-refractivity contribution in [2.75, 3.05) is 0 Å². The fraction of sp³-hybridized carbons (Fsp3) is 0.333. The van der Waals surface area contributed by atoms with E-state index in [9.17, 15) is 9.59 Å². The number of hydrogen-bond acceptors (Lipinski definition) is 2. The van der Waals surface area contributed by atoms with E-state index in [1.54, 1.807) is 0 Å². The first-order valence-corrected chi connectivity index (χ1v) is 1.56. The third-order valence-electron chi connectivity index (χ3n) is 0.302. The molecule has 4 nitrogen and oxygen atoms in total. The average molecular weight is 104 g/mol. The normalized spacial score (nSPS) is 10.9. The second-order valence-electron chi connectivity index (χ2n) is 0.964. The van der Waals surface area contributed by atoms with Crippen LogP contribution >= 0.6 is 0 Å². The molecule has 0 unspecified atom stereocenters. The van der Waals surface area contributed by atoms with Crippen LogP contribution in [0.1, 0.15) is 6.42 Å². The Labute approximate surface area is 43.4 Å². The lowest BCUT2D eigenvalue weighted by atomic mass is 10.4. The van der Waals surface area contributed by atoms with Crippen LogP contribution in [0.3, 0.4) is 0 Å². The van der Waals surface area contributed by atoms with Crippen molar-refractivity contribution in [2.45, 2.75) is 6.42 Å². The van der Waals surface area contributed by atoms with Gasteiger partial charge in [0.1, 0.15) is 0 Å². The quantitative estimate of drug-likeness (QED) is 0.479. The summed E-state index contributed by atoms with van der Waals surface area (Å²) >= 11 is 0. The highest BCUT2D eigenvalue weighted by Crippen LogP contribution is 1.82. The Bertz CT molecular complexity index is 113. The topological polar surface area (TPSA) is 81.7 Å². The molecule has 0 aromatic rings. The van der Waals surface area contributed by atoms with E-state index in [2.05, 4.69) is 11.5 Å². The van der Waals surface area contributed by atoms with E-state index in [0.717, 1.165) is 0 Å². The van der Waals surface area contributed by atoms with Crippen LogP contribution in [-0.2, 0) is 9.59 Å². The summed E-state index contributed by atoms with van der Waals surface area (Å²) in [4.78, 5) is 20.1. The van der Waals surface area contributed by atoms with Gasteiger partial charge in [0.2, 0.25) is 0 Å². The molecule has 7 heavy (non-hydrogen) atoms. The van der Waals surface area contributed by atoms with Crippen molar-refractivity contribution in [3.63, 3.8) is 0 Å². The van der Waals surface area contributed by atoms with Gasteiger partial charge in [0, 0.05) is 6.42 Å². The Balaban J connectivity index is 3.47. The highest BCUT2D eigenvalue weighted by atomic mass is 16.2. The smallest absolute Gasteiger partial charge is 0.0546 e. The van der Waals surface area contributed by atoms with E-state index in [1.165, 1.54) is 0 Å². The highest BCUT2D eigenvalue weighted by Gasteiger charge is 1.82. The first kappa shape index (κ1) is 3.01. The van der Waals surface area contributed by atoms with E-state index in [1.807, 2.05) is 0 Å². The van der Waals surface area contributed by atoms with Gasteiger partial charge in [0.15, 0.2) is 0 Å². The Kier molecular flexibility index (Phi) is 0.934. The summed E-state index contributed by atoms with van der Waals surface area (Å²) in [6.45, 7) is 0. The molecule has 0 bridgehead atoms. The molecule has 0 aliphatic carbocycles. The van der Waals surface area contributed by atoms with Gasteiger partial charge in [-0.3, -0.25) is 0 Å². The van der Waals surface area contributed by atoms with Gasteiger partial charge in [-0.15, -0.1) is 2.82 Å². The molecule has 0 aromatic carbocycles. The van der Waals surface area contributed by atoms with E-state index in [4.69, 9.17) is 2.82 Å². The van der Waals surface area contributed by atoms with Crippen LogP contribution in [0, 0.1) is 0 Å². The lowest BCUT2D eigenvalue weighted by Crippen LogP contribution is -1.95. The zero-order valence-corrected chi connectivity index (χ0v) is 3.42. The van der Waals surface area contributed by atoms with Gasteiger partial charge in [0.25, 0.3) is 0 Å². The molecule has 0 saturated carbocycles. The summed E-state index contributed by atoms with van der Waals surface area (Å²) in [6.07, 6.45) is -0.576. The molecule has 0 rings (SSSR count). The molecule has 0 radical (unpaired) electrons. The molecular weight excluding hydrogens is 96.0 g/mol. The van der Waals surface area contributed by atoms with Gasteiger partial charge < -0.3 is 21.0 Å². The molecule has 4 heteroatoms. The summed E-state index contributed by atoms with van der Waals surface area (Å²) in [5.74, 6) is -1.76. The van der Waals surface area contributed by atoms with E-state index in [-0.39, 0.29) is 0 Å². The molecular formula is C3H4N2O2-2. The largest absolute Gasteiger partial charge is 0.667 e. The van der Waals surface area contributed by atoms with Crippen molar-refractivity contribution in [3.8, 4) is 0 Å². The highest BCUT2D eigenvalue weighted by molar-refractivity contribution is 6.03. The lowest BCUT2D eigenvalue weighted by Gasteiger charge is -1.99. The summed E-state index contributed by atoms with van der Waals surface area (Å²) in [5.41, 5.74) is 4.85. The average Bonchev–Trinajstić information content (AvgIpc) is 1.87. The maximum Gasteiger partial charge on any atom is 0.0546 e. The van der Waals surface area contributed by atoms with Gasteiger partial charge in [0.05, 0.1) is 11.8 Å². The first-order valence-electron chi connectivity index (χ1n) is 2.46. The summed E-state index contributed by atoms with van der Waals surface area (Å²) in [6, 6.07) is 0. The van der Waals surface area contributed by atoms with Crippen molar-refractivity contribution in [1.29, 1.82) is 0 Å². The molecule has 40 valence electrons. The Hall–Kier alpha value is -1.06. The Morgan fingerprint density at radius 3 is 2.14 bits per heavy atom.